The second-order valence-electron chi connectivity index (χ2n) is 7.73. The van der Waals surface area contributed by atoms with Gasteiger partial charge in [0.2, 0.25) is 15.9 Å². The molecule has 0 bridgehead atoms. The Bertz CT molecular complexity index is 1010. The number of benzene rings is 1. The minimum absolute atomic E-state index is 0.00476. The molecule has 1 aromatic carbocycles. The van der Waals surface area contributed by atoms with Crippen LogP contribution in [0.3, 0.4) is 0 Å². The number of carbonyl (C=O) groups excluding carboxylic acids is 1. The van der Waals surface area contributed by atoms with Crippen LogP contribution in [0, 0.1) is 0 Å². The highest BCUT2D eigenvalue weighted by Crippen LogP contribution is 2.27. The predicted molar refractivity (Wildman–Crippen MR) is 119 cm³/mol. The fourth-order valence-electron chi connectivity index (χ4n) is 3.81. The van der Waals surface area contributed by atoms with Crippen LogP contribution in [-0.2, 0) is 29.4 Å². The zero-order chi connectivity index (χ0) is 22.6. The van der Waals surface area contributed by atoms with E-state index in [0.717, 1.165) is 6.42 Å². The maximum absolute atomic E-state index is 12.9. The van der Waals surface area contributed by atoms with Gasteiger partial charge in [-0.1, -0.05) is 18.5 Å². The van der Waals surface area contributed by atoms with Gasteiger partial charge in [0.1, 0.15) is 0 Å². The van der Waals surface area contributed by atoms with Crippen molar-refractivity contribution in [2.45, 2.75) is 30.7 Å². The van der Waals surface area contributed by atoms with E-state index in [9.17, 15) is 21.6 Å². The van der Waals surface area contributed by atoms with Gasteiger partial charge in [-0.25, -0.2) is 16.8 Å². The molecule has 31 heavy (non-hydrogen) atoms. The van der Waals surface area contributed by atoms with E-state index >= 15 is 0 Å². The van der Waals surface area contributed by atoms with E-state index in [1.807, 2.05) is 11.8 Å². The van der Waals surface area contributed by atoms with Crippen molar-refractivity contribution in [3.63, 3.8) is 0 Å². The van der Waals surface area contributed by atoms with Gasteiger partial charge in [-0.15, -0.1) is 0 Å². The summed E-state index contributed by atoms with van der Waals surface area (Å²) in [5.41, 5.74) is 0.205. The summed E-state index contributed by atoms with van der Waals surface area (Å²) in [6.45, 7) is 3.76. The minimum atomic E-state index is -3.73. The molecule has 1 aromatic rings. The van der Waals surface area contributed by atoms with E-state index in [-0.39, 0.29) is 58.7 Å². The van der Waals surface area contributed by atoms with Gasteiger partial charge < -0.3 is 10.1 Å². The summed E-state index contributed by atoms with van der Waals surface area (Å²) in [6, 6.07) is 4.02. The minimum Gasteiger partial charge on any atom is -0.379 e. The van der Waals surface area contributed by atoms with Crippen molar-refractivity contribution in [3.05, 3.63) is 23.2 Å². The number of nitrogens with zero attached hydrogens (tertiary/aromatic N) is 2. The summed E-state index contributed by atoms with van der Waals surface area (Å²) in [5, 5.41) is 2.91. The molecule has 9 nitrogen and oxygen atoms in total. The van der Waals surface area contributed by atoms with Gasteiger partial charge in [0.25, 0.3) is 0 Å². The van der Waals surface area contributed by atoms with E-state index in [0.29, 0.717) is 26.2 Å². The highest BCUT2D eigenvalue weighted by atomic mass is 35.5. The van der Waals surface area contributed by atoms with Crippen molar-refractivity contribution in [1.29, 1.82) is 0 Å². The highest BCUT2D eigenvalue weighted by Gasteiger charge is 2.33. The number of hydrogen-bond donors (Lipinski definition) is 1. The van der Waals surface area contributed by atoms with Crippen LogP contribution >= 0.6 is 11.6 Å². The van der Waals surface area contributed by atoms with Gasteiger partial charge in [0, 0.05) is 19.1 Å². The Morgan fingerprint density at radius 3 is 2.65 bits per heavy atom. The number of hydrogen-bond acceptors (Lipinski definition) is 7. The lowest BCUT2D eigenvalue weighted by molar-refractivity contribution is -0.117. The third-order valence-electron chi connectivity index (χ3n) is 5.40. The van der Waals surface area contributed by atoms with Crippen LogP contribution in [0.25, 0.3) is 0 Å². The normalized spacial score (nSPS) is 22.0. The SMILES string of the molecule is CCCN(CC(=O)Nc1cc(S(=O)(=O)N2CCOCC2)ccc1Cl)C1CCS(=O)(=O)C1. The molecule has 0 spiro atoms. The molecule has 0 aliphatic carbocycles. The van der Waals surface area contributed by atoms with Crippen LogP contribution in [0.15, 0.2) is 23.1 Å². The molecule has 2 aliphatic rings. The first kappa shape index (κ1) is 24.4. The fourth-order valence-corrected chi connectivity index (χ4v) is 7.17. The number of rotatable bonds is 8. The van der Waals surface area contributed by atoms with Crippen LogP contribution in [0.2, 0.25) is 5.02 Å². The zero-order valence-electron chi connectivity index (χ0n) is 17.4. The molecule has 2 heterocycles. The molecule has 174 valence electrons. The Morgan fingerprint density at radius 1 is 1.32 bits per heavy atom. The van der Waals surface area contributed by atoms with Gasteiger partial charge in [0.15, 0.2) is 9.84 Å². The third-order valence-corrected chi connectivity index (χ3v) is 9.38. The number of ether oxygens (including phenoxy) is 1. The lowest BCUT2D eigenvalue weighted by Gasteiger charge is -2.27. The molecule has 1 unspecified atom stereocenters. The largest absolute Gasteiger partial charge is 0.379 e. The van der Waals surface area contributed by atoms with Gasteiger partial charge in [-0.05, 0) is 37.6 Å². The molecule has 1 N–H and O–H groups in total. The molecule has 2 aliphatic heterocycles. The van der Waals surface area contributed by atoms with E-state index in [4.69, 9.17) is 16.3 Å². The molecule has 1 amide bonds. The van der Waals surface area contributed by atoms with Crippen LogP contribution < -0.4 is 5.32 Å². The Hall–Kier alpha value is -1.24. The fraction of sp³-hybridized carbons (Fsp3) is 0.632. The first-order chi connectivity index (χ1) is 14.6. The van der Waals surface area contributed by atoms with Crippen molar-refractivity contribution >= 4 is 43.1 Å². The van der Waals surface area contributed by atoms with E-state index in [2.05, 4.69) is 5.32 Å². The lowest BCUT2D eigenvalue weighted by Crippen LogP contribution is -2.42. The summed E-state index contributed by atoms with van der Waals surface area (Å²) < 4.78 is 56.0. The summed E-state index contributed by atoms with van der Waals surface area (Å²) >= 11 is 6.20. The maximum atomic E-state index is 12.9. The first-order valence-electron chi connectivity index (χ1n) is 10.2. The van der Waals surface area contributed by atoms with Crippen molar-refractivity contribution in [3.8, 4) is 0 Å². The number of carbonyl (C=O) groups is 1. The topological polar surface area (TPSA) is 113 Å². The van der Waals surface area contributed by atoms with E-state index in [1.54, 1.807) is 0 Å². The molecule has 2 saturated heterocycles. The molecule has 3 rings (SSSR count). The summed E-state index contributed by atoms with van der Waals surface area (Å²) in [7, 11) is -6.80. The van der Waals surface area contributed by atoms with E-state index < -0.39 is 19.9 Å². The van der Waals surface area contributed by atoms with Crippen LogP contribution in [0.1, 0.15) is 19.8 Å². The van der Waals surface area contributed by atoms with Gasteiger partial charge >= 0.3 is 0 Å². The number of sulfone groups is 1. The maximum Gasteiger partial charge on any atom is 0.243 e. The predicted octanol–water partition coefficient (Wildman–Crippen LogP) is 1.20. The Kier molecular flexibility index (Phi) is 7.98. The number of morpholine rings is 1. The second-order valence-corrected chi connectivity index (χ2v) is 12.3. The Balaban J connectivity index is 1.72. The Morgan fingerprint density at radius 2 is 2.03 bits per heavy atom. The second kappa shape index (κ2) is 10.1. The third kappa shape index (κ3) is 6.17. The number of amides is 1. The van der Waals surface area contributed by atoms with Crippen LogP contribution in [-0.4, -0.2) is 88.9 Å². The molecule has 1 atom stereocenters. The van der Waals surface area contributed by atoms with Crippen molar-refractivity contribution in [2.75, 3.05) is 56.2 Å². The monoisotopic (exact) mass is 493 g/mol. The zero-order valence-corrected chi connectivity index (χ0v) is 19.8. The highest BCUT2D eigenvalue weighted by molar-refractivity contribution is 7.91. The molecular weight excluding hydrogens is 466 g/mol. The summed E-state index contributed by atoms with van der Waals surface area (Å²) in [6.07, 6.45) is 1.28. The standard InChI is InChI=1S/C19H28ClN3O6S2/c1-2-6-22(15-5-11-30(25,26)14-15)13-19(24)21-18-12-16(3-4-17(18)20)31(27,28)23-7-9-29-10-8-23/h3-4,12,15H,2,5-11,13-14H2,1H3,(H,21,24). The smallest absolute Gasteiger partial charge is 0.243 e. The number of sulfonamides is 1. The number of halogens is 1. The van der Waals surface area contributed by atoms with Crippen LogP contribution in [0.4, 0.5) is 5.69 Å². The molecule has 12 heteroatoms. The molecule has 0 saturated carbocycles. The molecule has 0 radical (unpaired) electrons. The van der Waals surface area contributed by atoms with Crippen molar-refractivity contribution in [2.24, 2.45) is 0 Å². The summed E-state index contributed by atoms with van der Waals surface area (Å²) in [4.78, 5) is 14.6. The first-order valence-corrected chi connectivity index (χ1v) is 13.9. The lowest BCUT2D eigenvalue weighted by atomic mass is 10.2. The van der Waals surface area contributed by atoms with Gasteiger partial charge in [-0.3, -0.25) is 9.69 Å². The molecule has 2 fully saturated rings. The average molecular weight is 494 g/mol. The average Bonchev–Trinajstić information content (AvgIpc) is 3.09. The van der Waals surface area contributed by atoms with Gasteiger partial charge in [-0.2, -0.15) is 4.31 Å². The summed E-state index contributed by atoms with van der Waals surface area (Å²) in [5.74, 6) is -0.193. The molecular formula is C19H28ClN3O6S2. The Labute approximate surface area is 188 Å². The van der Waals surface area contributed by atoms with Crippen molar-refractivity contribution < 1.29 is 26.4 Å². The van der Waals surface area contributed by atoms with Crippen molar-refractivity contribution in [1.82, 2.24) is 9.21 Å². The van der Waals surface area contributed by atoms with Crippen LogP contribution in [0.5, 0.6) is 0 Å². The molecule has 0 aromatic heterocycles. The number of anilines is 1. The van der Waals surface area contributed by atoms with E-state index in [1.165, 1.54) is 22.5 Å². The van der Waals surface area contributed by atoms with Gasteiger partial charge in [0.05, 0.1) is 46.9 Å². The quantitative estimate of drug-likeness (QED) is 0.578. The number of nitrogens with one attached hydrogen (secondary N) is 1.